The molecule has 0 aromatic carbocycles. The van der Waals surface area contributed by atoms with Gasteiger partial charge in [0.15, 0.2) is 0 Å². The summed E-state index contributed by atoms with van der Waals surface area (Å²) >= 11 is -1.69. The highest BCUT2D eigenvalue weighted by atomic mass is 32.2. The molecule has 0 aliphatic carbocycles. The molecule has 1 aliphatic heterocycles. The van der Waals surface area contributed by atoms with E-state index in [0.29, 0.717) is 6.54 Å². The van der Waals surface area contributed by atoms with Crippen LogP contribution in [0.2, 0.25) is 0 Å². The molecule has 0 saturated carbocycles. The predicted octanol–water partition coefficient (Wildman–Crippen LogP) is -0.0806. The van der Waals surface area contributed by atoms with Crippen LogP contribution in [0.15, 0.2) is 18.5 Å². The molecule has 8 heteroatoms. The number of cyclic esters (lactones) is 1. The van der Waals surface area contributed by atoms with Crippen molar-refractivity contribution in [3.8, 4) is 0 Å². The largest absolute Gasteiger partial charge is 0.568 e. The van der Waals surface area contributed by atoms with Crippen LogP contribution in [0.3, 0.4) is 0 Å². The van der Waals surface area contributed by atoms with Crippen molar-refractivity contribution >= 4 is 23.6 Å². The van der Waals surface area contributed by atoms with E-state index in [9.17, 15) is 9.35 Å². The fourth-order valence-corrected chi connectivity index (χ4v) is 1.81. The Kier molecular flexibility index (Phi) is 2.88. The quantitative estimate of drug-likeness (QED) is 0.727. The summed E-state index contributed by atoms with van der Waals surface area (Å²) in [5.41, 5.74) is 0. The molecule has 15 heavy (non-hydrogen) atoms. The summed E-state index contributed by atoms with van der Waals surface area (Å²) in [6, 6.07) is 1.64. The molecular formula is C7H8N4O3S. The zero-order valence-corrected chi connectivity index (χ0v) is 8.44. The Morgan fingerprint density at radius 1 is 1.53 bits per heavy atom. The Labute approximate surface area is 88.9 Å². The molecule has 0 bridgehead atoms. The highest BCUT2D eigenvalue weighted by Gasteiger charge is 2.34. The molecule has 1 amide bonds. The predicted molar refractivity (Wildman–Crippen MR) is 51.9 cm³/mol. The van der Waals surface area contributed by atoms with E-state index in [-0.39, 0.29) is 12.6 Å². The maximum atomic E-state index is 11.6. The Hall–Kier alpha value is -1.54. The van der Waals surface area contributed by atoms with Crippen molar-refractivity contribution in [1.82, 2.24) is 14.3 Å². The van der Waals surface area contributed by atoms with Crippen molar-refractivity contribution in [2.24, 2.45) is 0 Å². The van der Waals surface area contributed by atoms with Crippen LogP contribution in [0.25, 0.3) is 0 Å². The second kappa shape index (κ2) is 4.32. The number of amides is 1. The fourth-order valence-electron chi connectivity index (χ4n) is 1.01. The van der Waals surface area contributed by atoms with Crippen LogP contribution in [0.5, 0.6) is 0 Å². The standard InChI is InChI=1S/C7H8N4O3S/c12-7-11(4-5-14-7)15(13)10-6-8-2-1-3-9-6/h1-3H,4-5H2,(H,8,9,10). The van der Waals surface area contributed by atoms with Crippen LogP contribution in [-0.2, 0) is 16.3 Å². The number of ether oxygens (including phenoxy) is 1. The molecule has 80 valence electrons. The highest BCUT2D eigenvalue weighted by Crippen LogP contribution is 2.11. The lowest BCUT2D eigenvalue weighted by molar-refractivity contribution is 0.170. The third-order valence-corrected chi connectivity index (χ3v) is 2.76. The number of carbonyl (C=O) groups excluding carboxylic acids is 1. The molecule has 1 saturated heterocycles. The summed E-state index contributed by atoms with van der Waals surface area (Å²) in [7, 11) is 0. The maximum absolute atomic E-state index is 11.6. The minimum Gasteiger partial charge on any atom is -0.568 e. The van der Waals surface area contributed by atoms with Gasteiger partial charge in [-0.2, -0.15) is 0 Å². The molecule has 1 aromatic rings. The van der Waals surface area contributed by atoms with Gasteiger partial charge in [-0.25, -0.2) is 14.8 Å². The summed E-state index contributed by atoms with van der Waals surface area (Å²) in [4.78, 5) is 18.7. The van der Waals surface area contributed by atoms with Gasteiger partial charge in [-0.3, -0.25) is 0 Å². The number of carbonyl (C=O) groups is 1. The minimum absolute atomic E-state index is 0.204. The van der Waals surface area contributed by atoms with Crippen molar-refractivity contribution in [3.63, 3.8) is 0 Å². The van der Waals surface area contributed by atoms with E-state index in [1.54, 1.807) is 6.07 Å². The summed E-state index contributed by atoms with van der Waals surface area (Å²) < 4.78 is 19.8. The summed E-state index contributed by atoms with van der Waals surface area (Å²) in [6.07, 6.45) is 2.42. The SMILES string of the molecule is O=C1OCCN1[S+]([O-])Nc1ncccn1. The van der Waals surface area contributed by atoms with Crippen LogP contribution in [0.1, 0.15) is 0 Å². The number of nitrogens with one attached hydrogen (secondary N) is 1. The molecule has 1 fully saturated rings. The molecule has 1 aromatic heterocycles. The van der Waals surface area contributed by atoms with E-state index in [1.807, 2.05) is 0 Å². The van der Waals surface area contributed by atoms with Gasteiger partial charge in [-0.15, -0.1) is 4.72 Å². The van der Waals surface area contributed by atoms with Gasteiger partial charge in [0.1, 0.15) is 13.2 Å². The normalized spacial score (nSPS) is 17.4. The second-order valence-electron chi connectivity index (χ2n) is 2.64. The number of rotatable bonds is 3. The van der Waals surface area contributed by atoms with Crippen LogP contribution >= 0.6 is 0 Å². The topological polar surface area (TPSA) is 90.4 Å². The van der Waals surface area contributed by atoms with Gasteiger partial charge in [0, 0.05) is 12.4 Å². The van der Waals surface area contributed by atoms with Crippen molar-refractivity contribution < 1.29 is 14.1 Å². The van der Waals surface area contributed by atoms with Crippen LogP contribution in [0.4, 0.5) is 10.7 Å². The number of hydrogen-bond acceptors (Lipinski definition) is 6. The minimum atomic E-state index is -1.69. The number of anilines is 1. The Morgan fingerprint density at radius 2 is 2.27 bits per heavy atom. The fraction of sp³-hybridized carbons (Fsp3) is 0.286. The molecule has 1 unspecified atom stereocenters. The van der Waals surface area contributed by atoms with Crippen molar-refractivity contribution in [2.45, 2.75) is 0 Å². The van der Waals surface area contributed by atoms with Crippen molar-refractivity contribution in [3.05, 3.63) is 18.5 Å². The zero-order valence-electron chi connectivity index (χ0n) is 7.62. The van der Waals surface area contributed by atoms with E-state index >= 15 is 0 Å². The molecule has 0 spiro atoms. The molecule has 0 radical (unpaired) electrons. The smallest absolute Gasteiger partial charge is 0.453 e. The Balaban J connectivity index is 1.97. The average molecular weight is 228 g/mol. The zero-order chi connectivity index (χ0) is 10.7. The van der Waals surface area contributed by atoms with E-state index in [2.05, 4.69) is 19.4 Å². The first-order chi connectivity index (χ1) is 7.27. The van der Waals surface area contributed by atoms with E-state index in [1.165, 1.54) is 12.4 Å². The molecule has 2 heterocycles. The first kappa shape index (κ1) is 9.99. The van der Waals surface area contributed by atoms with Gasteiger partial charge in [-0.05, 0) is 6.07 Å². The maximum Gasteiger partial charge on any atom is 0.453 e. The molecular weight excluding hydrogens is 220 g/mol. The van der Waals surface area contributed by atoms with Gasteiger partial charge >= 0.3 is 6.09 Å². The number of nitrogens with zero attached hydrogens (tertiary/aromatic N) is 3. The third kappa shape index (κ3) is 2.28. The monoisotopic (exact) mass is 228 g/mol. The molecule has 1 atom stereocenters. The summed E-state index contributed by atoms with van der Waals surface area (Å²) in [5, 5.41) is 0. The lowest BCUT2D eigenvalue weighted by Gasteiger charge is -2.15. The van der Waals surface area contributed by atoms with E-state index < -0.39 is 17.6 Å². The second-order valence-corrected chi connectivity index (χ2v) is 3.78. The Bertz CT molecular complexity index is 349. The third-order valence-electron chi connectivity index (χ3n) is 1.67. The molecule has 7 nitrogen and oxygen atoms in total. The number of aromatic nitrogens is 2. The van der Waals surface area contributed by atoms with Crippen LogP contribution < -0.4 is 4.72 Å². The molecule has 2 rings (SSSR count). The molecule has 1 N–H and O–H groups in total. The van der Waals surface area contributed by atoms with Crippen molar-refractivity contribution in [2.75, 3.05) is 17.9 Å². The molecule has 1 aliphatic rings. The lowest BCUT2D eigenvalue weighted by Crippen LogP contribution is -2.36. The van der Waals surface area contributed by atoms with Gasteiger partial charge < -0.3 is 9.29 Å². The van der Waals surface area contributed by atoms with Gasteiger partial charge in [0.2, 0.25) is 11.5 Å². The van der Waals surface area contributed by atoms with E-state index in [4.69, 9.17) is 0 Å². The van der Waals surface area contributed by atoms with Crippen LogP contribution in [-0.4, -0.2) is 38.1 Å². The summed E-state index contributed by atoms with van der Waals surface area (Å²) in [6.45, 7) is 0.549. The van der Waals surface area contributed by atoms with Gasteiger partial charge in [-0.1, -0.05) is 4.31 Å². The van der Waals surface area contributed by atoms with Crippen LogP contribution in [0, 0.1) is 0 Å². The van der Waals surface area contributed by atoms with Gasteiger partial charge in [0.05, 0.1) is 0 Å². The van der Waals surface area contributed by atoms with Crippen molar-refractivity contribution in [1.29, 1.82) is 0 Å². The number of hydrogen-bond donors (Lipinski definition) is 1. The van der Waals surface area contributed by atoms with Gasteiger partial charge in [0.25, 0.3) is 5.95 Å². The van der Waals surface area contributed by atoms with E-state index in [0.717, 1.165) is 4.31 Å². The highest BCUT2D eigenvalue weighted by molar-refractivity contribution is 7.90. The summed E-state index contributed by atoms with van der Waals surface area (Å²) in [5.74, 6) is 0.204. The first-order valence-corrected chi connectivity index (χ1v) is 5.28. The first-order valence-electron chi connectivity index (χ1n) is 4.17. The Morgan fingerprint density at radius 3 is 2.87 bits per heavy atom. The lowest BCUT2D eigenvalue weighted by atomic mass is 10.7. The average Bonchev–Trinajstić information content (AvgIpc) is 2.66.